The number of alkyl halides is 3. The Morgan fingerprint density at radius 3 is 2.22 bits per heavy atom. The highest BCUT2D eigenvalue weighted by Crippen LogP contribution is 2.31. The number of carbonyl (C=O) groups is 1. The summed E-state index contributed by atoms with van der Waals surface area (Å²) in [6.07, 6.45) is 4.48. The second-order valence-electron chi connectivity index (χ2n) is 5.90. The van der Waals surface area contributed by atoms with Crippen LogP contribution in [0, 0.1) is 0 Å². The fraction of sp³-hybridized carbons (Fsp3) is 0.529. The van der Waals surface area contributed by atoms with Crippen LogP contribution in [0.3, 0.4) is 0 Å². The second-order valence-corrected chi connectivity index (χ2v) is 9.49. The zero-order valence-electron chi connectivity index (χ0n) is 14.8. The summed E-state index contributed by atoms with van der Waals surface area (Å²) in [4.78, 5) is 12.1. The molecule has 0 aromatic heterocycles. The van der Waals surface area contributed by atoms with E-state index in [4.69, 9.17) is 70.2 Å². The van der Waals surface area contributed by atoms with Crippen LogP contribution >= 0.6 is 70.2 Å². The molecule has 0 radical (unpaired) electrons. The van der Waals surface area contributed by atoms with E-state index in [9.17, 15) is 4.79 Å². The first-order valence-corrected chi connectivity index (χ1v) is 10.8. The van der Waals surface area contributed by atoms with Crippen LogP contribution in [0.5, 0.6) is 0 Å². The number of hydrogen-bond donors (Lipinski definition) is 3. The first kappa shape index (κ1) is 24.9. The third kappa shape index (κ3) is 9.73. The van der Waals surface area contributed by atoms with Crippen LogP contribution in [0.15, 0.2) is 18.2 Å². The van der Waals surface area contributed by atoms with Gasteiger partial charge in [-0.3, -0.25) is 4.79 Å². The van der Waals surface area contributed by atoms with Crippen LogP contribution in [0.1, 0.15) is 45.4 Å². The molecule has 0 aliphatic carbocycles. The van der Waals surface area contributed by atoms with E-state index in [-0.39, 0.29) is 11.0 Å². The van der Waals surface area contributed by atoms with Crippen LogP contribution in [-0.4, -0.2) is 21.0 Å². The third-order valence-electron chi connectivity index (χ3n) is 3.62. The van der Waals surface area contributed by atoms with E-state index in [1.165, 1.54) is 0 Å². The first-order valence-electron chi connectivity index (χ1n) is 8.52. The number of unbranched alkanes of at least 4 members (excludes halogenated alkanes) is 4. The lowest BCUT2D eigenvalue weighted by Gasteiger charge is -2.28. The Labute approximate surface area is 190 Å². The van der Waals surface area contributed by atoms with Gasteiger partial charge in [-0.1, -0.05) is 96.7 Å². The van der Waals surface area contributed by atoms with Crippen molar-refractivity contribution in [3.63, 3.8) is 0 Å². The van der Waals surface area contributed by atoms with E-state index in [1.54, 1.807) is 18.2 Å². The highest BCUT2D eigenvalue weighted by atomic mass is 35.6. The molecule has 3 N–H and O–H groups in total. The summed E-state index contributed by atoms with van der Waals surface area (Å²) in [7, 11) is 0. The lowest BCUT2D eigenvalue weighted by molar-refractivity contribution is -0.122. The summed E-state index contributed by atoms with van der Waals surface area (Å²) in [6, 6.07) is 5.02. The Bertz CT molecular complexity index is 619. The number of benzene rings is 1. The molecule has 27 heavy (non-hydrogen) atoms. The quantitative estimate of drug-likeness (QED) is 0.160. The maximum atomic E-state index is 12.1. The molecule has 1 atom stereocenters. The monoisotopic (exact) mass is 491 g/mol. The van der Waals surface area contributed by atoms with Crippen LogP contribution in [0.25, 0.3) is 0 Å². The maximum Gasteiger partial charge on any atom is 0.228 e. The fourth-order valence-corrected chi connectivity index (χ4v) is 3.26. The number of rotatable bonds is 9. The molecule has 152 valence electrons. The fourth-order valence-electron chi connectivity index (χ4n) is 2.22. The largest absolute Gasteiger partial charge is 0.339 e. The smallest absolute Gasteiger partial charge is 0.228 e. The van der Waals surface area contributed by atoms with Crippen molar-refractivity contribution < 1.29 is 4.79 Å². The normalized spacial score (nSPS) is 12.4. The van der Waals surface area contributed by atoms with Crippen molar-refractivity contribution in [2.45, 2.75) is 55.4 Å². The molecule has 0 unspecified atom stereocenters. The number of hydrogen-bond acceptors (Lipinski definition) is 2. The molecule has 0 fully saturated rings. The molecule has 1 aromatic rings. The number of para-hydroxylation sites is 1. The molecule has 1 amide bonds. The van der Waals surface area contributed by atoms with Gasteiger partial charge in [0.15, 0.2) is 5.11 Å². The van der Waals surface area contributed by atoms with Gasteiger partial charge in [0.25, 0.3) is 0 Å². The minimum absolute atomic E-state index is 0.101. The standard InChI is InChI=1S/C17H22Cl5N3OS/c1-2-3-4-5-6-10-13(26)23-15(17(20,21)22)25-16(27)24-14-11(18)8-7-9-12(14)19/h7-9,15H,2-6,10H2,1H3,(H,23,26)(H2,24,25,27)/t15-/m1/s1. The number of halogens is 5. The minimum Gasteiger partial charge on any atom is -0.339 e. The summed E-state index contributed by atoms with van der Waals surface area (Å²) in [6.45, 7) is 2.14. The molecule has 0 spiro atoms. The van der Waals surface area contributed by atoms with E-state index in [0.29, 0.717) is 22.2 Å². The van der Waals surface area contributed by atoms with Gasteiger partial charge in [0.2, 0.25) is 9.70 Å². The highest BCUT2D eigenvalue weighted by molar-refractivity contribution is 7.80. The van der Waals surface area contributed by atoms with Gasteiger partial charge in [-0.05, 0) is 30.8 Å². The summed E-state index contributed by atoms with van der Waals surface area (Å²) < 4.78 is -1.81. The van der Waals surface area contributed by atoms with Gasteiger partial charge in [-0.25, -0.2) is 0 Å². The second kappa shape index (κ2) is 12.4. The number of amides is 1. The SMILES string of the molecule is CCCCCCCC(=O)N[C@H](NC(=S)Nc1c(Cl)cccc1Cl)C(Cl)(Cl)Cl. The van der Waals surface area contributed by atoms with Crippen molar-refractivity contribution in [3.05, 3.63) is 28.2 Å². The van der Waals surface area contributed by atoms with Crippen molar-refractivity contribution in [1.29, 1.82) is 0 Å². The van der Waals surface area contributed by atoms with E-state index in [0.717, 1.165) is 32.1 Å². The Morgan fingerprint density at radius 2 is 1.67 bits per heavy atom. The van der Waals surface area contributed by atoms with Crippen molar-refractivity contribution in [3.8, 4) is 0 Å². The summed E-state index contributed by atoms with van der Waals surface area (Å²) in [5.41, 5.74) is 0.420. The van der Waals surface area contributed by atoms with Crippen LogP contribution in [-0.2, 0) is 4.79 Å². The highest BCUT2D eigenvalue weighted by Gasteiger charge is 2.34. The molecular weight excluding hydrogens is 472 g/mol. The molecule has 0 saturated carbocycles. The van der Waals surface area contributed by atoms with Crippen molar-refractivity contribution in [2.24, 2.45) is 0 Å². The Morgan fingerprint density at radius 1 is 1.07 bits per heavy atom. The number of nitrogens with one attached hydrogen (secondary N) is 3. The van der Waals surface area contributed by atoms with Gasteiger partial charge in [0.05, 0.1) is 15.7 Å². The number of anilines is 1. The Balaban J connectivity index is 2.62. The van der Waals surface area contributed by atoms with Crippen molar-refractivity contribution in [2.75, 3.05) is 5.32 Å². The van der Waals surface area contributed by atoms with Crippen LogP contribution in [0.2, 0.25) is 10.0 Å². The third-order valence-corrected chi connectivity index (χ3v) is 5.12. The molecule has 4 nitrogen and oxygen atoms in total. The van der Waals surface area contributed by atoms with Gasteiger partial charge in [0, 0.05) is 6.42 Å². The van der Waals surface area contributed by atoms with E-state index in [1.807, 2.05) is 0 Å². The van der Waals surface area contributed by atoms with E-state index < -0.39 is 9.96 Å². The molecule has 1 rings (SSSR count). The van der Waals surface area contributed by atoms with Gasteiger partial charge in [-0.2, -0.15) is 0 Å². The van der Waals surface area contributed by atoms with Gasteiger partial charge in [-0.15, -0.1) is 0 Å². The predicted octanol–water partition coefficient (Wildman–Crippen LogP) is 6.45. The lowest BCUT2D eigenvalue weighted by Crippen LogP contribution is -2.56. The predicted molar refractivity (Wildman–Crippen MR) is 121 cm³/mol. The molecule has 0 aliphatic heterocycles. The lowest BCUT2D eigenvalue weighted by atomic mass is 10.1. The van der Waals surface area contributed by atoms with Crippen molar-refractivity contribution in [1.82, 2.24) is 10.6 Å². The molecule has 10 heteroatoms. The average molecular weight is 494 g/mol. The van der Waals surface area contributed by atoms with Gasteiger partial charge < -0.3 is 16.0 Å². The molecule has 0 saturated heterocycles. The Kier molecular flexibility index (Phi) is 11.4. The minimum atomic E-state index is -1.81. The maximum absolute atomic E-state index is 12.1. The van der Waals surface area contributed by atoms with Crippen LogP contribution in [0.4, 0.5) is 5.69 Å². The number of thiocarbonyl (C=S) groups is 1. The number of carbonyl (C=O) groups excluding carboxylic acids is 1. The molecular formula is C17H22Cl5N3OS. The summed E-state index contributed by atoms with van der Waals surface area (Å²) >= 11 is 35.3. The molecule has 0 heterocycles. The van der Waals surface area contributed by atoms with Gasteiger partial charge in [0.1, 0.15) is 6.17 Å². The molecule has 0 aliphatic rings. The Hall–Kier alpha value is -0.170. The van der Waals surface area contributed by atoms with Crippen LogP contribution < -0.4 is 16.0 Å². The first-order chi connectivity index (χ1) is 12.6. The van der Waals surface area contributed by atoms with E-state index in [2.05, 4.69) is 22.9 Å². The topological polar surface area (TPSA) is 53.2 Å². The van der Waals surface area contributed by atoms with Gasteiger partial charge >= 0.3 is 0 Å². The molecule has 0 bridgehead atoms. The summed E-state index contributed by atoms with van der Waals surface area (Å²) in [5, 5.41) is 9.15. The average Bonchev–Trinajstić information content (AvgIpc) is 2.57. The van der Waals surface area contributed by atoms with E-state index >= 15 is 0 Å². The zero-order chi connectivity index (χ0) is 20.4. The van der Waals surface area contributed by atoms with Crippen molar-refractivity contribution >= 4 is 86.9 Å². The zero-order valence-corrected chi connectivity index (χ0v) is 19.4. The molecule has 1 aromatic carbocycles. The summed E-state index contributed by atoms with van der Waals surface area (Å²) in [5.74, 6) is -0.228.